The van der Waals surface area contributed by atoms with Crippen LogP contribution in [0.15, 0.2) is 24.3 Å². The summed E-state index contributed by atoms with van der Waals surface area (Å²) in [4.78, 5) is 0. The van der Waals surface area contributed by atoms with Gasteiger partial charge in [-0.3, -0.25) is 0 Å². The zero-order chi connectivity index (χ0) is 19.2. The van der Waals surface area contributed by atoms with E-state index in [0.717, 1.165) is 38.5 Å². The molecule has 0 amide bonds. The molecule has 0 radical (unpaired) electrons. The van der Waals surface area contributed by atoms with Crippen LogP contribution in [0.5, 0.6) is 0 Å². The summed E-state index contributed by atoms with van der Waals surface area (Å²) in [5.41, 5.74) is -0.159. The number of allylic oxidation sites excluding steroid dienone is 2. The second-order valence-electron chi connectivity index (χ2n) is 7.04. The predicted octanol–water partition coefficient (Wildman–Crippen LogP) is 6.77. The van der Waals surface area contributed by atoms with E-state index in [2.05, 4.69) is 10.8 Å². The molecule has 0 unspecified atom stereocenters. The van der Waals surface area contributed by atoms with Gasteiger partial charge in [0.25, 0.3) is 0 Å². The minimum Gasteiger partial charge on any atom is -0.316 e. The van der Waals surface area contributed by atoms with Gasteiger partial charge in [-0.15, -0.1) is 0 Å². The van der Waals surface area contributed by atoms with Gasteiger partial charge in [0.2, 0.25) is 0 Å². The van der Waals surface area contributed by atoms with Crippen LogP contribution in [0.3, 0.4) is 0 Å². The maximum atomic E-state index is 14.0. The summed E-state index contributed by atoms with van der Waals surface area (Å²) in [5.74, 6) is -3.98. The van der Waals surface area contributed by atoms with E-state index in [1.807, 2.05) is 13.0 Å². The van der Waals surface area contributed by atoms with Crippen LogP contribution in [0.1, 0.15) is 57.4 Å². The zero-order valence-corrected chi connectivity index (χ0v) is 14.9. The molecule has 0 spiro atoms. The molecule has 2 rings (SSSR count). The molecule has 26 heavy (non-hydrogen) atoms. The minimum absolute atomic E-state index is 0.121. The van der Waals surface area contributed by atoms with Gasteiger partial charge in [-0.1, -0.05) is 25.0 Å². The molecule has 0 atom stereocenters. The van der Waals surface area contributed by atoms with Crippen LogP contribution in [0.25, 0.3) is 0 Å². The summed E-state index contributed by atoms with van der Waals surface area (Å²) >= 11 is 0. The second kappa shape index (κ2) is 9.49. The molecule has 1 saturated carbocycles. The molecular weight excluding hydrogens is 351 g/mol. The number of hydrogen-bond donors (Lipinski definition) is 0. The molecule has 0 saturated heterocycles. The van der Waals surface area contributed by atoms with E-state index in [-0.39, 0.29) is 11.5 Å². The molecule has 1 aliphatic rings. The molecule has 0 aliphatic heterocycles. The third-order valence-electron chi connectivity index (χ3n) is 4.96. The van der Waals surface area contributed by atoms with E-state index in [4.69, 9.17) is 0 Å². The first kappa shape index (κ1) is 20.9. The Balaban J connectivity index is 1.78. The first-order chi connectivity index (χ1) is 12.3. The monoisotopic (exact) mass is 376 g/mol. The van der Waals surface area contributed by atoms with E-state index in [1.54, 1.807) is 0 Å². The summed E-state index contributed by atoms with van der Waals surface area (Å²) in [6, 6.07) is 1.34. The van der Waals surface area contributed by atoms with Crippen molar-refractivity contribution in [1.29, 1.82) is 0 Å². The maximum Gasteiger partial charge on any atom is 0.356 e. The quantitative estimate of drug-likeness (QED) is 0.276. The van der Waals surface area contributed by atoms with Crippen molar-refractivity contribution in [2.45, 2.75) is 64.6 Å². The van der Waals surface area contributed by atoms with Crippen molar-refractivity contribution in [3.63, 3.8) is 0 Å². The van der Waals surface area contributed by atoms with Gasteiger partial charge in [-0.05, 0) is 62.1 Å². The van der Waals surface area contributed by atoms with Gasteiger partial charge in [0.15, 0.2) is 17.5 Å². The molecular formula is C20H25F5O. The standard InChI is InChI=1S/C20H25F5O/c1-2-3-4-5-14-6-8-15(9-7-14)12-20(24,25)26-13-16-10-17(21)19(23)18(22)11-16/h2-3,10-11,14-15H,4-9,12-13H2,1H3/b3-2+. The smallest absolute Gasteiger partial charge is 0.316 e. The highest BCUT2D eigenvalue weighted by molar-refractivity contribution is 5.18. The summed E-state index contributed by atoms with van der Waals surface area (Å²) in [6.45, 7) is 1.31. The Morgan fingerprint density at radius 3 is 2.19 bits per heavy atom. The number of halogens is 5. The highest BCUT2D eigenvalue weighted by Crippen LogP contribution is 2.38. The van der Waals surface area contributed by atoms with Crippen LogP contribution in [0.4, 0.5) is 22.0 Å². The van der Waals surface area contributed by atoms with Crippen molar-refractivity contribution >= 4 is 0 Å². The number of rotatable bonds is 8. The molecule has 1 aliphatic carbocycles. The van der Waals surface area contributed by atoms with Crippen molar-refractivity contribution in [2.24, 2.45) is 11.8 Å². The van der Waals surface area contributed by atoms with Crippen molar-refractivity contribution in [3.8, 4) is 0 Å². The third-order valence-corrected chi connectivity index (χ3v) is 4.96. The van der Waals surface area contributed by atoms with Crippen LogP contribution >= 0.6 is 0 Å². The Kier molecular flexibility index (Phi) is 7.62. The Bertz CT molecular complexity index is 583. The summed E-state index contributed by atoms with van der Waals surface area (Å²) < 4.78 is 71.7. The third kappa shape index (κ3) is 6.38. The lowest BCUT2D eigenvalue weighted by atomic mass is 9.78. The number of benzene rings is 1. The van der Waals surface area contributed by atoms with Crippen LogP contribution in [0, 0.1) is 29.3 Å². The molecule has 0 heterocycles. The fourth-order valence-corrected chi connectivity index (χ4v) is 3.50. The molecule has 1 aromatic rings. The molecule has 0 aromatic heterocycles. The van der Waals surface area contributed by atoms with Gasteiger partial charge in [-0.2, -0.15) is 8.78 Å². The van der Waals surface area contributed by atoms with Gasteiger partial charge >= 0.3 is 6.11 Å². The lowest BCUT2D eigenvalue weighted by molar-refractivity contribution is -0.256. The molecule has 1 aromatic carbocycles. The number of hydrogen-bond acceptors (Lipinski definition) is 1. The van der Waals surface area contributed by atoms with E-state index >= 15 is 0 Å². The average Bonchev–Trinajstić information content (AvgIpc) is 2.59. The van der Waals surface area contributed by atoms with Crippen molar-refractivity contribution in [3.05, 3.63) is 47.3 Å². The minimum atomic E-state index is -3.37. The first-order valence-corrected chi connectivity index (χ1v) is 9.07. The Labute approximate surface area is 151 Å². The lowest BCUT2D eigenvalue weighted by Crippen LogP contribution is -2.27. The van der Waals surface area contributed by atoms with E-state index in [1.165, 1.54) is 0 Å². The van der Waals surface area contributed by atoms with Crippen LogP contribution in [-0.4, -0.2) is 6.11 Å². The normalized spacial score (nSPS) is 21.5. The van der Waals surface area contributed by atoms with Crippen LogP contribution in [-0.2, 0) is 11.3 Å². The Morgan fingerprint density at radius 1 is 1.04 bits per heavy atom. The van der Waals surface area contributed by atoms with Gasteiger partial charge < -0.3 is 4.74 Å². The fourth-order valence-electron chi connectivity index (χ4n) is 3.50. The largest absolute Gasteiger partial charge is 0.356 e. The van der Waals surface area contributed by atoms with Crippen LogP contribution < -0.4 is 0 Å². The van der Waals surface area contributed by atoms with E-state index < -0.39 is 36.6 Å². The maximum absolute atomic E-state index is 14.0. The van der Waals surface area contributed by atoms with Crippen molar-refractivity contribution in [2.75, 3.05) is 0 Å². The molecule has 1 fully saturated rings. The fraction of sp³-hybridized carbons (Fsp3) is 0.600. The molecule has 146 valence electrons. The van der Waals surface area contributed by atoms with Gasteiger partial charge in [0, 0.05) is 6.42 Å². The molecule has 1 nitrogen and oxygen atoms in total. The highest BCUT2D eigenvalue weighted by atomic mass is 19.3. The second-order valence-corrected chi connectivity index (χ2v) is 7.04. The number of ether oxygens (including phenoxy) is 1. The average molecular weight is 376 g/mol. The predicted molar refractivity (Wildman–Crippen MR) is 90.2 cm³/mol. The highest BCUT2D eigenvalue weighted by Gasteiger charge is 2.35. The van der Waals surface area contributed by atoms with Crippen molar-refractivity contribution < 1.29 is 26.7 Å². The van der Waals surface area contributed by atoms with Gasteiger partial charge in [0.05, 0.1) is 6.61 Å². The summed E-state index contributed by atoms with van der Waals surface area (Å²) in [6.07, 6.45) is 5.82. The Morgan fingerprint density at radius 2 is 1.62 bits per heavy atom. The van der Waals surface area contributed by atoms with Crippen LogP contribution in [0.2, 0.25) is 0 Å². The number of alkyl halides is 2. The SMILES string of the molecule is C/C=C/CCC1CCC(CC(F)(F)OCc2cc(F)c(F)c(F)c2)CC1. The lowest BCUT2D eigenvalue weighted by Gasteiger charge is -2.30. The summed E-state index contributed by atoms with van der Waals surface area (Å²) in [5, 5.41) is 0. The first-order valence-electron chi connectivity index (χ1n) is 9.07. The Hall–Kier alpha value is -1.43. The zero-order valence-electron chi connectivity index (χ0n) is 14.9. The molecule has 0 bridgehead atoms. The topological polar surface area (TPSA) is 9.23 Å². The van der Waals surface area contributed by atoms with E-state index in [0.29, 0.717) is 18.1 Å². The van der Waals surface area contributed by atoms with Crippen molar-refractivity contribution in [1.82, 2.24) is 0 Å². The summed E-state index contributed by atoms with van der Waals surface area (Å²) in [7, 11) is 0. The van der Waals surface area contributed by atoms with Gasteiger partial charge in [-0.25, -0.2) is 13.2 Å². The molecule has 0 N–H and O–H groups in total. The molecule has 6 heteroatoms. The van der Waals surface area contributed by atoms with Gasteiger partial charge in [0.1, 0.15) is 0 Å². The van der Waals surface area contributed by atoms with E-state index in [9.17, 15) is 22.0 Å².